The maximum absolute atomic E-state index is 12.8. The Morgan fingerprint density at radius 1 is 0.344 bits per heavy atom. The van der Waals surface area contributed by atoms with E-state index in [-0.39, 0.29) is 37.5 Å². The van der Waals surface area contributed by atoms with Gasteiger partial charge in [0.1, 0.15) is 13.2 Å². The Kier molecular flexibility index (Phi) is 48.5. The highest BCUT2D eigenvalue weighted by Gasteiger charge is 2.19. The van der Waals surface area contributed by atoms with Crippen LogP contribution in [0, 0.1) is 0 Å². The number of ether oxygens (including phenoxy) is 3. The van der Waals surface area contributed by atoms with Gasteiger partial charge in [-0.2, -0.15) is 0 Å². The molecule has 1 atom stereocenters. The quantitative estimate of drug-likeness (QED) is 0.0199. The molecule has 0 spiro atoms. The van der Waals surface area contributed by atoms with Crippen molar-refractivity contribution in [2.75, 3.05) is 13.2 Å². The summed E-state index contributed by atoms with van der Waals surface area (Å²) < 4.78 is 16.7. The highest BCUT2D eigenvalue weighted by molar-refractivity contribution is 5.71. The monoisotopic (exact) mass is 887 g/mol. The van der Waals surface area contributed by atoms with E-state index < -0.39 is 6.10 Å². The fourth-order valence-corrected chi connectivity index (χ4v) is 6.78. The van der Waals surface area contributed by atoms with Gasteiger partial charge in [0.25, 0.3) is 0 Å². The van der Waals surface area contributed by atoms with Crippen LogP contribution in [0.2, 0.25) is 0 Å². The molecule has 0 heterocycles. The van der Waals surface area contributed by atoms with E-state index in [2.05, 4.69) is 93.7 Å². The number of carbonyl (C=O) groups excluding carboxylic acids is 3. The SMILES string of the molecule is CC/C=C/C=C/C=C/C=C/CCCCCC(=O)OCC(COC(=O)CCC/C=C/C/C=C/C/C=C/C/C=C/C/C=C/CC)OC(=O)CCCCCCCCCCCCCCCCCC. The summed E-state index contributed by atoms with van der Waals surface area (Å²) in [7, 11) is 0. The fraction of sp³-hybridized carbons (Fsp3) is 0.638. The van der Waals surface area contributed by atoms with Crippen LogP contribution in [0.15, 0.2) is 109 Å². The summed E-state index contributed by atoms with van der Waals surface area (Å²) in [5.74, 6) is -1.01. The van der Waals surface area contributed by atoms with Crippen molar-refractivity contribution < 1.29 is 28.6 Å². The normalized spacial score (nSPS) is 13.0. The molecule has 64 heavy (non-hydrogen) atoms. The molecular weight excluding hydrogens is 793 g/mol. The second-order valence-electron chi connectivity index (χ2n) is 16.8. The molecule has 1 unspecified atom stereocenters. The van der Waals surface area contributed by atoms with Crippen molar-refractivity contribution in [3.8, 4) is 0 Å². The lowest BCUT2D eigenvalue weighted by Gasteiger charge is -2.18. The molecule has 0 aromatic carbocycles. The van der Waals surface area contributed by atoms with Crippen molar-refractivity contribution in [3.63, 3.8) is 0 Å². The van der Waals surface area contributed by atoms with Crippen LogP contribution in [0.25, 0.3) is 0 Å². The first-order valence-corrected chi connectivity index (χ1v) is 25.9. The zero-order chi connectivity index (χ0) is 46.5. The molecule has 0 aromatic rings. The molecule has 0 fully saturated rings. The summed E-state index contributed by atoms with van der Waals surface area (Å²) in [5, 5.41) is 0. The molecule has 0 aromatic heterocycles. The molecular formula is C58H94O6. The van der Waals surface area contributed by atoms with Gasteiger partial charge in [0.05, 0.1) is 0 Å². The molecule has 0 radical (unpaired) electrons. The number of carbonyl (C=O) groups is 3. The summed E-state index contributed by atoms with van der Waals surface area (Å²) in [4.78, 5) is 38.0. The lowest BCUT2D eigenvalue weighted by atomic mass is 10.0. The second-order valence-corrected chi connectivity index (χ2v) is 16.8. The number of esters is 3. The van der Waals surface area contributed by atoms with E-state index in [1.807, 2.05) is 36.5 Å². The number of rotatable bonds is 45. The van der Waals surface area contributed by atoms with Gasteiger partial charge < -0.3 is 14.2 Å². The van der Waals surface area contributed by atoms with E-state index in [1.165, 1.54) is 83.5 Å². The predicted molar refractivity (Wildman–Crippen MR) is 274 cm³/mol. The Morgan fingerprint density at radius 2 is 0.703 bits per heavy atom. The predicted octanol–water partition coefficient (Wildman–Crippen LogP) is 17.1. The fourth-order valence-electron chi connectivity index (χ4n) is 6.78. The van der Waals surface area contributed by atoms with Crippen molar-refractivity contribution in [2.24, 2.45) is 0 Å². The molecule has 0 rings (SSSR count). The maximum Gasteiger partial charge on any atom is 0.306 e. The van der Waals surface area contributed by atoms with Crippen LogP contribution in [-0.2, 0) is 28.6 Å². The lowest BCUT2D eigenvalue weighted by Crippen LogP contribution is -2.30. The van der Waals surface area contributed by atoms with Crippen LogP contribution in [0.1, 0.15) is 220 Å². The molecule has 6 heteroatoms. The van der Waals surface area contributed by atoms with Crippen LogP contribution < -0.4 is 0 Å². The third kappa shape index (κ3) is 49.1. The van der Waals surface area contributed by atoms with Gasteiger partial charge in [0.15, 0.2) is 6.10 Å². The van der Waals surface area contributed by atoms with Crippen molar-refractivity contribution in [1.29, 1.82) is 0 Å². The van der Waals surface area contributed by atoms with Crippen LogP contribution in [0.3, 0.4) is 0 Å². The van der Waals surface area contributed by atoms with E-state index in [1.54, 1.807) is 0 Å². The summed E-state index contributed by atoms with van der Waals surface area (Å²) in [6.45, 7) is 6.29. The molecule has 6 nitrogen and oxygen atoms in total. The second kappa shape index (κ2) is 51.7. The molecule has 0 amide bonds. The molecule has 0 N–H and O–H groups in total. The van der Waals surface area contributed by atoms with Gasteiger partial charge in [0, 0.05) is 19.3 Å². The largest absolute Gasteiger partial charge is 0.462 e. The minimum absolute atomic E-state index is 0.116. The van der Waals surface area contributed by atoms with Crippen molar-refractivity contribution in [3.05, 3.63) is 109 Å². The Balaban J connectivity index is 4.52. The van der Waals surface area contributed by atoms with E-state index in [4.69, 9.17) is 14.2 Å². The number of hydrogen-bond donors (Lipinski definition) is 0. The Hall–Kier alpha value is -3.93. The van der Waals surface area contributed by atoms with Gasteiger partial charge in [-0.1, -0.05) is 233 Å². The first-order valence-electron chi connectivity index (χ1n) is 25.9. The van der Waals surface area contributed by atoms with Crippen molar-refractivity contribution in [2.45, 2.75) is 226 Å². The highest BCUT2D eigenvalue weighted by atomic mass is 16.6. The summed E-state index contributed by atoms with van der Waals surface area (Å²) in [5.41, 5.74) is 0. The molecule has 0 saturated heterocycles. The van der Waals surface area contributed by atoms with E-state index in [0.29, 0.717) is 19.3 Å². The zero-order valence-corrected chi connectivity index (χ0v) is 41.3. The summed E-state index contributed by atoms with van der Waals surface area (Å²) in [6.07, 6.45) is 69.4. The van der Waals surface area contributed by atoms with E-state index in [9.17, 15) is 14.4 Å². The van der Waals surface area contributed by atoms with Gasteiger partial charge in [-0.3, -0.25) is 14.4 Å². The highest BCUT2D eigenvalue weighted by Crippen LogP contribution is 2.15. The van der Waals surface area contributed by atoms with E-state index in [0.717, 1.165) is 89.9 Å². The summed E-state index contributed by atoms with van der Waals surface area (Å²) in [6, 6.07) is 0. The van der Waals surface area contributed by atoms with Crippen LogP contribution in [0.4, 0.5) is 0 Å². The topological polar surface area (TPSA) is 78.9 Å². The standard InChI is InChI=1S/C58H94O6/c1-4-7-10-13-16-19-22-25-27-29-31-33-36-39-42-45-48-51-57(60)63-54-55(53-62-56(59)50-47-44-41-38-35-32-24-21-18-15-12-9-6-3)64-58(61)52-49-46-43-40-37-34-30-28-26-23-20-17-14-11-8-5-2/h7,9-10,12,15-16,18-19,21,24-25,27,31-33,35,39,42,55H,4-6,8,11,13-14,17,20,22-23,26,28-30,34,36-38,40-41,43-54H2,1-3H3/b10-7+,12-9+,18-15+,19-16+,24-21+,27-25+,33-31+,35-32+,42-39+. The number of unbranched alkanes of at least 4 members (excludes halogenated alkanes) is 19. The van der Waals surface area contributed by atoms with Crippen LogP contribution >= 0.6 is 0 Å². The Labute approximate surface area is 393 Å². The van der Waals surface area contributed by atoms with Crippen LogP contribution in [-0.4, -0.2) is 37.2 Å². The van der Waals surface area contributed by atoms with Gasteiger partial charge >= 0.3 is 17.9 Å². The minimum atomic E-state index is -0.817. The Bertz CT molecular complexity index is 1340. The minimum Gasteiger partial charge on any atom is -0.462 e. The number of allylic oxidation sites excluding steroid dienone is 18. The molecule has 362 valence electrons. The average molecular weight is 887 g/mol. The van der Waals surface area contributed by atoms with Crippen LogP contribution in [0.5, 0.6) is 0 Å². The lowest BCUT2D eigenvalue weighted by molar-refractivity contribution is -0.167. The smallest absolute Gasteiger partial charge is 0.306 e. The first-order chi connectivity index (χ1) is 31.5. The Morgan fingerprint density at radius 3 is 1.19 bits per heavy atom. The molecule has 0 bridgehead atoms. The molecule has 0 aliphatic heterocycles. The molecule has 0 aliphatic rings. The van der Waals surface area contributed by atoms with Gasteiger partial charge in [-0.15, -0.1) is 0 Å². The molecule has 0 saturated carbocycles. The van der Waals surface area contributed by atoms with Gasteiger partial charge in [-0.25, -0.2) is 0 Å². The maximum atomic E-state index is 12.8. The average Bonchev–Trinajstić information content (AvgIpc) is 3.29. The van der Waals surface area contributed by atoms with E-state index >= 15 is 0 Å². The summed E-state index contributed by atoms with van der Waals surface area (Å²) >= 11 is 0. The number of hydrogen-bond acceptors (Lipinski definition) is 6. The third-order valence-electron chi connectivity index (χ3n) is 10.6. The van der Waals surface area contributed by atoms with Gasteiger partial charge in [-0.05, 0) is 77.0 Å². The third-order valence-corrected chi connectivity index (χ3v) is 10.6. The first kappa shape index (κ1) is 60.1. The van der Waals surface area contributed by atoms with Crippen molar-refractivity contribution in [1.82, 2.24) is 0 Å². The zero-order valence-electron chi connectivity index (χ0n) is 41.3. The van der Waals surface area contributed by atoms with Gasteiger partial charge in [0.2, 0.25) is 0 Å². The molecule has 0 aliphatic carbocycles. The van der Waals surface area contributed by atoms with Crippen molar-refractivity contribution >= 4 is 17.9 Å².